The third kappa shape index (κ3) is 2.21. The highest BCUT2D eigenvalue weighted by Crippen LogP contribution is 2.59. The van der Waals surface area contributed by atoms with Crippen LogP contribution in [0.3, 0.4) is 0 Å². The van der Waals surface area contributed by atoms with Crippen LogP contribution in [0, 0.1) is 5.41 Å². The topological polar surface area (TPSA) is 107 Å². The number of likely N-dealkylation sites (tertiary alicyclic amines) is 1. The molecule has 3 atom stereocenters. The van der Waals surface area contributed by atoms with Crippen LogP contribution >= 0.6 is 15.9 Å². The van der Waals surface area contributed by atoms with Crippen molar-refractivity contribution in [3.8, 4) is 0 Å². The van der Waals surface area contributed by atoms with E-state index in [1.165, 1.54) is 6.92 Å². The highest BCUT2D eigenvalue weighted by Gasteiger charge is 2.71. The highest BCUT2D eigenvalue weighted by molar-refractivity contribution is 9.10. The Bertz CT molecular complexity index is 833. The highest BCUT2D eigenvalue weighted by atomic mass is 79.9. The molecule has 1 spiro atoms. The molecule has 2 aliphatic heterocycles. The fourth-order valence-electron chi connectivity index (χ4n) is 4.67. The molecule has 1 saturated heterocycles. The number of hydrogen-bond donors (Lipinski definition) is 3. The molecule has 2 heterocycles. The molecule has 7 nitrogen and oxygen atoms in total. The van der Waals surface area contributed by atoms with Crippen LogP contribution in [-0.4, -0.2) is 44.7 Å². The quantitative estimate of drug-likeness (QED) is 0.640. The van der Waals surface area contributed by atoms with Crippen molar-refractivity contribution in [2.45, 2.75) is 51.1 Å². The fraction of sp³-hybridized carbons (Fsp3) is 0.500. The van der Waals surface area contributed by atoms with Crippen LogP contribution in [0.4, 0.5) is 10.5 Å². The van der Waals surface area contributed by atoms with Gasteiger partial charge >= 0.3 is 12.1 Å². The van der Waals surface area contributed by atoms with Crippen molar-refractivity contribution in [3.63, 3.8) is 0 Å². The predicted octanol–water partition coefficient (Wildman–Crippen LogP) is 3.28. The Morgan fingerprint density at radius 3 is 2.42 bits per heavy atom. The van der Waals surface area contributed by atoms with Gasteiger partial charge in [0, 0.05) is 10.9 Å². The molecule has 3 N–H and O–H groups in total. The molecule has 1 unspecified atom stereocenters. The van der Waals surface area contributed by atoms with E-state index >= 15 is 0 Å². The number of hydrogen-bond acceptors (Lipinski definition) is 3. The summed E-state index contributed by atoms with van der Waals surface area (Å²) in [5.74, 6) is -1.63. The molecule has 0 saturated carbocycles. The molecule has 2 aliphatic rings. The molecule has 2 amide bonds. The summed E-state index contributed by atoms with van der Waals surface area (Å²) in [7, 11) is 0. The van der Waals surface area contributed by atoms with E-state index in [0.29, 0.717) is 15.7 Å². The lowest BCUT2D eigenvalue weighted by Crippen LogP contribution is -2.59. The number of nitrogens with zero attached hydrogens (tertiary/aromatic N) is 1. The van der Waals surface area contributed by atoms with E-state index in [4.69, 9.17) is 0 Å². The minimum atomic E-state index is -1.72. The zero-order chi connectivity index (χ0) is 19.7. The maximum Gasteiger partial charge on any atom is 0.408 e. The van der Waals surface area contributed by atoms with Gasteiger partial charge in [-0.05, 0) is 39.9 Å². The predicted molar refractivity (Wildman–Crippen MR) is 98.2 cm³/mol. The van der Waals surface area contributed by atoms with Crippen molar-refractivity contribution in [1.82, 2.24) is 4.90 Å². The zero-order valence-electron chi connectivity index (χ0n) is 15.0. The zero-order valence-corrected chi connectivity index (χ0v) is 16.5. The second-order valence-electron chi connectivity index (χ2n) is 8.26. The summed E-state index contributed by atoms with van der Waals surface area (Å²) in [4.78, 5) is 38.4. The Labute approximate surface area is 159 Å². The van der Waals surface area contributed by atoms with Gasteiger partial charge in [0.1, 0.15) is 11.0 Å². The maximum atomic E-state index is 13.2. The van der Waals surface area contributed by atoms with Crippen molar-refractivity contribution in [2.24, 2.45) is 5.41 Å². The first kappa shape index (κ1) is 18.7. The third-order valence-corrected chi connectivity index (χ3v) is 6.17. The normalized spacial score (nSPS) is 30.4. The first-order valence-electron chi connectivity index (χ1n) is 8.23. The van der Waals surface area contributed by atoms with Gasteiger partial charge in [-0.3, -0.25) is 9.69 Å². The molecule has 0 radical (unpaired) electrons. The van der Waals surface area contributed by atoms with Crippen LogP contribution in [0.5, 0.6) is 0 Å². The van der Waals surface area contributed by atoms with Crippen molar-refractivity contribution < 1.29 is 24.6 Å². The number of aliphatic carboxylic acids is 1. The average Bonchev–Trinajstić information content (AvgIpc) is 2.95. The van der Waals surface area contributed by atoms with E-state index in [1.54, 1.807) is 18.2 Å². The Morgan fingerprint density at radius 1 is 1.31 bits per heavy atom. The molecule has 0 aromatic heterocycles. The monoisotopic (exact) mass is 424 g/mol. The molecule has 1 aromatic carbocycles. The molecule has 140 valence electrons. The summed E-state index contributed by atoms with van der Waals surface area (Å²) in [6.45, 7) is 6.85. The van der Waals surface area contributed by atoms with Crippen molar-refractivity contribution in [3.05, 3.63) is 28.2 Å². The minimum absolute atomic E-state index is 0.126. The van der Waals surface area contributed by atoms with Crippen LogP contribution in [0.15, 0.2) is 22.7 Å². The maximum absolute atomic E-state index is 13.2. The Balaban J connectivity index is 2.37. The largest absolute Gasteiger partial charge is 0.480 e. The summed E-state index contributed by atoms with van der Waals surface area (Å²) in [5, 5.41) is 22.6. The van der Waals surface area contributed by atoms with Gasteiger partial charge in [-0.15, -0.1) is 0 Å². The molecule has 1 fully saturated rings. The van der Waals surface area contributed by atoms with Crippen LogP contribution in [-0.2, 0) is 15.0 Å². The molecular formula is C18H21BrN2O5. The SMILES string of the molecule is CC(C)(C)C1N(C(=O)O)[C@](C)(C(=O)O)C[C@]12C(=O)Nc1c(Br)cccc12. The standard InChI is InChI=1S/C18H21BrN2O5/c1-16(2,3)12-18(8-17(4,14(23)24)21(12)15(25)26)9-6-5-7-10(19)11(9)20-13(18)22/h5-7,12H,8H2,1-4H3,(H,20,22)(H,23,24)(H,25,26)/t12?,17-,18+/m0/s1. The molecule has 3 rings (SSSR count). The number of nitrogens with one attached hydrogen (secondary N) is 1. The number of carbonyl (C=O) groups is 3. The van der Waals surface area contributed by atoms with Crippen molar-refractivity contribution in [1.29, 1.82) is 0 Å². The lowest BCUT2D eigenvalue weighted by Gasteiger charge is -2.43. The van der Waals surface area contributed by atoms with Gasteiger partial charge in [0.05, 0.1) is 11.7 Å². The van der Waals surface area contributed by atoms with Crippen LogP contribution < -0.4 is 5.32 Å². The van der Waals surface area contributed by atoms with Crippen molar-refractivity contribution >= 4 is 39.6 Å². The molecule has 1 aromatic rings. The van der Waals surface area contributed by atoms with Gasteiger partial charge in [-0.25, -0.2) is 9.59 Å². The summed E-state index contributed by atoms with van der Waals surface area (Å²) >= 11 is 3.42. The second kappa shape index (κ2) is 5.45. The van der Waals surface area contributed by atoms with E-state index in [9.17, 15) is 24.6 Å². The van der Waals surface area contributed by atoms with Gasteiger partial charge in [-0.1, -0.05) is 32.9 Å². The number of fused-ring (bicyclic) bond motifs is 2. The number of carboxylic acid groups (broad SMARTS) is 2. The number of amides is 2. The number of carboxylic acids is 1. The first-order valence-corrected chi connectivity index (χ1v) is 9.03. The molecular weight excluding hydrogens is 404 g/mol. The molecule has 8 heteroatoms. The van der Waals surface area contributed by atoms with Crippen LogP contribution in [0.1, 0.15) is 39.7 Å². The van der Waals surface area contributed by atoms with Gasteiger partial charge in [-0.2, -0.15) is 0 Å². The van der Waals surface area contributed by atoms with Gasteiger partial charge < -0.3 is 15.5 Å². The number of rotatable bonds is 1. The number of benzene rings is 1. The summed E-state index contributed by atoms with van der Waals surface area (Å²) in [6.07, 6.45) is -1.47. The lowest BCUT2D eigenvalue weighted by molar-refractivity contribution is -0.148. The van der Waals surface area contributed by atoms with Crippen LogP contribution in [0.25, 0.3) is 0 Å². The Hall–Kier alpha value is -2.09. The number of carbonyl (C=O) groups excluding carboxylic acids is 1. The minimum Gasteiger partial charge on any atom is -0.480 e. The van der Waals surface area contributed by atoms with E-state index in [2.05, 4.69) is 21.2 Å². The number of para-hydroxylation sites is 1. The second-order valence-corrected chi connectivity index (χ2v) is 9.12. The summed E-state index contributed by atoms with van der Waals surface area (Å²) in [6, 6.07) is 4.48. The summed E-state index contributed by atoms with van der Waals surface area (Å²) in [5.41, 5.74) is -2.46. The van der Waals surface area contributed by atoms with Gasteiger partial charge in [0.2, 0.25) is 5.91 Å². The first-order chi connectivity index (χ1) is 11.9. The van der Waals surface area contributed by atoms with E-state index in [-0.39, 0.29) is 12.3 Å². The van der Waals surface area contributed by atoms with E-state index in [0.717, 1.165) is 4.90 Å². The van der Waals surface area contributed by atoms with Gasteiger partial charge in [0.15, 0.2) is 0 Å². The Kier molecular flexibility index (Phi) is 3.92. The van der Waals surface area contributed by atoms with Crippen molar-refractivity contribution in [2.75, 3.05) is 5.32 Å². The number of anilines is 1. The molecule has 0 aliphatic carbocycles. The average molecular weight is 425 g/mol. The smallest absolute Gasteiger partial charge is 0.408 e. The number of halogens is 1. The Morgan fingerprint density at radius 2 is 1.92 bits per heavy atom. The summed E-state index contributed by atoms with van der Waals surface area (Å²) < 4.78 is 0.679. The van der Waals surface area contributed by atoms with E-state index < -0.39 is 34.5 Å². The molecule has 26 heavy (non-hydrogen) atoms. The third-order valence-electron chi connectivity index (χ3n) is 5.50. The van der Waals surface area contributed by atoms with Gasteiger partial charge in [0.25, 0.3) is 0 Å². The van der Waals surface area contributed by atoms with Crippen LogP contribution in [0.2, 0.25) is 0 Å². The molecule has 0 bridgehead atoms. The lowest BCUT2D eigenvalue weighted by atomic mass is 9.65. The fourth-order valence-corrected chi connectivity index (χ4v) is 5.14. The van der Waals surface area contributed by atoms with E-state index in [1.807, 2.05) is 20.8 Å².